The molecule has 102 valence electrons. The summed E-state index contributed by atoms with van der Waals surface area (Å²) in [5.74, 6) is 0. The van der Waals surface area contributed by atoms with E-state index in [-0.39, 0.29) is 22.9 Å². The van der Waals surface area contributed by atoms with Crippen LogP contribution in [0.5, 0.6) is 0 Å². The fourth-order valence-corrected chi connectivity index (χ4v) is 1.84. The van der Waals surface area contributed by atoms with Crippen LogP contribution in [0.3, 0.4) is 0 Å². The summed E-state index contributed by atoms with van der Waals surface area (Å²) in [5, 5.41) is 0. The van der Waals surface area contributed by atoms with Crippen LogP contribution >= 0.6 is 15.9 Å². The van der Waals surface area contributed by atoms with Crippen molar-refractivity contribution in [2.24, 2.45) is 0 Å². The summed E-state index contributed by atoms with van der Waals surface area (Å²) < 4.78 is 75.0. The van der Waals surface area contributed by atoms with Gasteiger partial charge in [-0.15, -0.1) is 0 Å². The van der Waals surface area contributed by atoms with Gasteiger partial charge in [0.25, 0.3) is 0 Å². The topological polar surface area (TPSA) is 0 Å². The number of hydrogen-bond acceptors (Lipinski definition) is 0. The van der Waals surface area contributed by atoms with E-state index >= 15 is 0 Å². The van der Waals surface area contributed by atoms with E-state index < -0.39 is 23.5 Å². The molecule has 1 rings (SSSR count). The van der Waals surface area contributed by atoms with Crippen LogP contribution in [-0.4, -0.2) is 4.83 Å². The minimum Gasteiger partial charge on any atom is -0.166 e. The quantitative estimate of drug-likeness (QED) is 0.524. The molecule has 0 aromatic heterocycles. The van der Waals surface area contributed by atoms with Crippen LogP contribution in [-0.2, 0) is 18.8 Å². The van der Waals surface area contributed by atoms with Crippen molar-refractivity contribution in [2.45, 2.75) is 30.5 Å². The Bertz CT molecular complexity index is 386. The van der Waals surface area contributed by atoms with Gasteiger partial charge in [0, 0.05) is 4.83 Å². The molecule has 0 amide bonds. The standard InChI is InChI=1S/C11H9BrF6/c1-6(12)2-7-3-8(10(13,14)15)5-9(4-7)11(16,17)18/h3-6H,2H2,1H3. The summed E-state index contributed by atoms with van der Waals surface area (Å²) in [6.45, 7) is 1.65. The molecule has 0 N–H and O–H groups in total. The Hall–Kier alpha value is -0.720. The Balaban J connectivity index is 3.29. The Morgan fingerprint density at radius 2 is 1.33 bits per heavy atom. The lowest BCUT2D eigenvalue weighted by molar-refractivity contribution is -0.143. The van der Waals surface area contributed by atoms with Crippen molar-refractivity contribution in [1.29, 1.82) is 0 Å². The highest BCUT2D eigenvalue weighted by Crippen LogP contribution is 2.36. The summed E-state index contributed by atoms with van der Waals surface area (Å²) >= 11 is 3.10. The monoisotopic (exact) mass is 334 g/mol. The number of rotatable bonds is 2. The van der Waals surface area contributed by atoms with Gasteiger partial charge in [0.1, 0.15) is 0 Å². The highest BCUT2D eigenvalue weighted by Gasteiger charge is 2.36. The van der Waals surface area contributed by atoms with Crippen LogP contribution in [0.15, 0.2) is 18.2 Å². The van der Waals surface area contributed by atoms with Crippen LogP contribution in [0.2, 0.25) is 0 Å². The molecular formula is C11H9BrF6. The molecule has 1 unspecified atom stereocenters. The molecule has 0 saturated carbocycles. The van der Waals surface area contributed by atoms with Crippen molar-refractivity contribution in [3.63, 3.8) is 0 Å². The predicted octanol–water partition coefficient (Wildman–Crippen LogP) is 5.05. The maximum Gasteiger partial charge on any atom is 0.416 e. The second-order valence-corrected chi connectivity index (χ2v) is 5.46. The third kappa shape index (κ3) is 4.19. The lowest BCUT2D eigenvalue weighted by Crippen LogP contribution is -2.12. The Morgan fingerprint density at radius 1 is 0.944 bits per heavy atom. The van der Waals surface area contributed by atoms with E-state index in [4.69, 9.17) is 0 Å². The fraction of sp³-hybridized carbons (Fsp3) is 0.455. The van der Waals surface area contributed by atoms with Gasteiger partial charge in [-0.05, 0) is 30.2 Å². The highest BCUT2D eigenvalue weighted by molar-refractivity contribution is 9.09. The van der Waals surface area contributed by atoms with Crippen molar-refractivity contribution in [1.82, 2.24) is 0 Å². The maximum atomic E-state index is 12.5. The number of halogens is 7. The van der Waals surface area contributed by atoms with Crippen LogP contribution < -0.4 is 0 Å². The molecule has 0 radical (unpaired) electrons. The van der Waals surface area contributed by atoms with Crippen molar-refractivity contribution in [3.05, 3.63) is 34.9 Å². The van der Waals surface area contributed by atoms with Crippen molar-refractivity contribution in [3.8, 4) is 0 Å². The van der Waals surface area contributed by atoms with Gasteiger partial charge in [-0.3, -0.25) is 0 Å². The molecule has 0 saturated heterocycles. The molecule has 1 atom stereocenters. The molecule has 0 aliphatic carbocycles. The van der Waals surface area contributed by atoms with Gasteiger partial charge in [-0.1, -0.05) is 22.9 Å². The smallest absolute Gasteiger partial charge is 0.166 e. The fourth-order valence-electron chi connectivity index (χ4n) is 1.46. The van der Waals surface area contributed by atoms with E-state index in [1.54, 1.807) is 6.92 Å². The molecule has 0 heterocycles. The number of alkyl halides is 7. The van der Waals surface area contributed by atoms with Crippen LogP contribution in [0.25, 0.3) is 0 Å². The second kappa shape index (κ2) is 5.11. The van der Waals surface area contributed by atoms with Gasteiger partial charge in [0.15, 0.2) is 0 Å². The van der Waals surface area contributed by atoms with E-state index in [1.807, 2.05) is 0 Å². The summed E-state index contributed by atoms with van der Waals surface area (Å²) in [5.41, 5.74) is -2.55. The Kier molecular flexibility index (Phi) is 4.35. The molecule has 0 spiro atoms. The third-order valence-electron chi connectivity index (χ3n) is 2.16. The van der Waals surface area contributed by atoms with Gasteiger partial charge in [0.2, 0.25) is 0 Å². The van der Waals surface area contributed by atoms with Crippen molar-refractivity contribution in [2.75, 3.05) is 0 Å². The molecule has 0 nitrogen and oxygen atoms in total. The van der Waals surface area contributed by atoms with E-state index in [0.29, 0.717) is 0 Å². The minimum absolute atomic E-state index is 0.00141. The average Bonchev–Trinajstić information content (AvgIpc) is 2.13. The zero-order valence-electron chi connectivity index (χ0n) is 9.16. The zero-order chi connectivity index (χ0) is 14.1. The SMILES string of the molecule is CC(Br)Cc1cc(C(F)(F)F)cc(C(F)(F)F)c1. The number of benzene rings is 1. The summed E-state index contributed by atoms with van der Waals surface area (Å²) in [6, 6.07) is 1.61. The van der Waals surface area contributed by atoms with Gasteiger partial charge in [0.05, 0.1) is 11.1 Å². The van der Waals surface area contributed by atoms with E-state index in [2.05, 4.69) is 15.9 Å². The first-order valence-corrected chi connectivity index (χ1v) is 5.84. The highest BCUT2D eigenvalue weighted by atomic mass is 79.9. The summed E-state index contributed by atoms with van der Waals surface area (Å²) in [4.78, 5) is -0.206. The largest absolute Gasteiger partial charge is 0.416 e. The third-order valence-corrected chi connectivity index (χ3v) is 2.49. The lowest BCUT2D eigenvalue weighted by Gasteiger charge is -2.14. The first-order chi connectivity index (χ1) is 8.00. The van der Waals surface area contributed by atoms with Gasteiger partial charge in [-0.2, -0.15) is 26.3 Å². The molecule has 1 aromatic rings. The van der Waals surface area contributed by atoms with E-state index in [0.717, 1.165) is 12.1 Å². The Labute approximate surface area is 108 Å². The van der Waals surface area contributed by atoms with Gasteiger partial charge in [-0.25, -0.2) is 0 Å². The molecule has 0 aliphatic heterocycles. The molecule has 1 aromatic carbocycles. The lowest BCUT2D eigenvalue weighted by atomic mass is 10.0. The molecule has 0 aliphatic rings. The predicted molar refractivity (Wildman–Crippen MR) is 58.5 cm³/mol. The summed E-state index contributed by atoms with van der Waals surface area (Å²) in [7, 11) is 0. The minimum atomic E-state index is -4.79. The van der Waals surface area contributed by atoms with E-state index in [1.165, 1.54) is 0 Å². The maximum absolute atomic E-state index is 12.5. The molecule has 0 bridgehead atoms. The van der Waals surface area contributed by atoms with Crippen molar-refractivity contribution < 1.29 is 26.3 Å². The normalized spacial score (nSPS) is 14.7. The zero-order valence-corrected chi connectivity index (χ0v) is 10.7. The first kappa shape index (κ1) is 15.3. The second-order valence-electron chi connectivity index (χ2n) is 3.90. The summed E-state index contributed by atoms with van der Waals surface area (Å²) in [6.07, 6.45) is -9.48. The molecule has 7 heteroatoms. The first-order valence-electron chi connectivity index (χ1n) is 4.92. The molecule has 0 fully saturated rings. The van der Waals surface area contributed by atoms with Crippen LogP contribution in [0.4, 0.5) is 26.3 Å². The average molecular weight is 335 g/mol. The molecular weight excluding hydrogens is 326 g/mol. The van der Waals surface area contributed by atoms with Gasteiger partial charge < -0.3 is 0 Å². The van der Waals surface area contributed by atoms with Gasteiger partial charge >= 0.3 is 12.4 Å². The van der Waals surface area contributed by atoms with Crippen LogP contribution in [0.1, 0.15) is 23.6 Å². The van der Waals surface area contributed by atoms with E-state index in [9.17, 15) is 26.3 Å². The van der Waals surface area contributed by atoms with Crippen LogP contribution in [0, 0.1) is 0 Å². The Morgan fingerprint density at radius 3 is 1.61 bits per heavy atom. The van der Waals surface area contributed by atoms with Crippen molar-refractivity contribution >= 4 is 15.9 Å². The molecule has 18 heavy (non-hydrogen) atoms. The number of hydrogen-bond donors (Lipinski definition) is 0.